The smallest absolute Gasteiger partial charge is 0.250 e. The summed E-state index contributed by atoms with van der Waals surface area (Å²) in [5.74, 6) is -0.437. The standard InChI is InChI=1S/C21H19ClN2O3/c1-12(13-3-4-15-10-17(27-2)7-5-14(15)9-13)21(26)24-16-6-8-19(22)18(11-16)20(23)25/h3-12H,1-2H3,(H2,23,25)(H,24,26). The van der Waals surface area contributed by atoms with Crippen LogP contribution in [0, 0.1) is 0 Å². The van der Waals surface area contributed by atoms with Crippen molar-refractivity contribution in [3.8, 4) is 5.75 Å². The molecule has 138 valence electrons. The second kappa shape index (κ2) is 7.68. The molecule has 0 aliphatic carbocycles. The van der Waals surface area contributed by atoms with Gasteiger partial charge in [0.05, 0.1) is 23.6 Å². The molecule has 27 heavy (non-hydrogen) atoms. The Morgan fingerprint density at radius 3 is 2.44 bits per heavy atom. The van der Waals surface area contributed by atoms with Gasteiger partial charge in [-0.05, 0) is 53.6 Å². The minimum atomic E-state index is -0.644. The highest BCUT2D eigenvalue weighted by Gasteiger charge is 2.17. The number of halogens is 1. The highest BCUT2D eigenvalue weighted by Crippen LogP contribution is 2.26. The highest BCUT2D eigenvalue weighted by atomic mass is 35.5. The van der Waals surface area contributed by atoms with Crippen molar-refractivity contribution in [1.82, 2.24) is 0 Å². The summed E-state index contributed by atoms with van der Waals surface area (Å²) in [6, 6.07) is 16.3. The fraction of sp³-hybridized carbons (Fsp3) is 0.143. The fourth-order valence-electron chi connectivity index (χ4n) is 2.83. The van der Waals surface area contributed by atoms with Gasteiger partial charge in [0, 0.05) is 5.69 Å². The van der Waals surface area contributed by atoms with E-state index in [-0.39, 0.29) is 22.4 Å². The summed E-state index contributed by atoms with van der Waals surface area (Å²) < 4.78 is 5.23. The number of rotatable bonds is 5. The number of anilines is 1. The first kappa shape index (κ1) is 18.7. The quantitative estimate of drug-likeness (QED) is 0.688. The van der Waals surface area contributed by atoms with Crippen LogP contribution in [0.25, 0.3) is 10.8 Å². The Morgan fingerprint density at radius 2 is 1.74 bits per heavy atom. The van der Waals surface area contributed by atoms with Crippen LogP contribution in [0.1, 0.15) is 28.8 Å². The average Bonchev–Trinajstić information content (AvgIpc) is 2.67. The zero-order valence-electron chi connectivity index (χ0n) is 15.0. The molecule has 0 aliphatic rings. The second-order valence-electron chi connectivity index (χ2n) is 6.24. The van der Waals surface area contributed by atoms with Gasteiger partial charge in [-0.1, -0.05) is 35.9 Å². The van der Waals surface area contributed by atoms with Gasteiger partial charge in [-0.3, -0.25) is 9.59 Å². The van der Waals surface area contributed by atoms with E-state index in [1.165, 1.54) is 12.1 Å². The van der Waals surface area contributed by atoms with Crippen LogP contribution in [0.4, 0.5) is 5.69 Å². The predicted molar refractivity (Wildman–Crippen MR) is 108 cm³/mol. The van der Waals surface area contributed by atoms with Crippen molar-refractivity contribution in [3.63, 3.8) is 0 Å². The lowest BCUT2D eigenvalue weighted by atomic mass is 9.97. The number of ether oxygens (including phenoxy) is 1. The van der Waals surface area contributed by atoms with E-state index >= 15 is 0 Å². The molecule has 0 heterocycles. The van der Waals surface area contributed by atoms with Crippen molar-refractivity contribution in [2.45, 2.75) is 12.8 Å². The number of nitrogens with two attached hydrogens (primary N) is 1. The normalized spacial score (nSPS) is 11.8. The summed E-state index contributed by atoms with van der Waals surface area (Å²) >= 11 is 5.94. The first-order valence-corrected chi connectivity index (χ1v) is 8.75. The van der Waals surface area contributed by atoms with E-state index in [1.807, 2.05) is 43.3 Å². The zero-order chi connectivity index (χ0) is 19.6. The van der Waals surface area contributed by atoms with E-state index in [0.29, 0.717) is 5.69 Å². The number of carbonyl (C=O) groups excluding carboxylic acids is 2. The van der Waals surface area contributed by atoms with Crippen LogP contribution in [0.15, 0.2) is 54.6 Å². The number of benzene rings is 3. The molecule has 0 bridgehead atoms. The van der Waals surface area contributed by atoms with E-state index in [9.17, 15) is 9.59 Å². The van der Waals surface area contributed by atoms with Gasteiger partial charge in [-0.15, -0.1) is 0 Å². The third kappa shape index (κ3) is 4.04. The third-order valence-electron chi connectivity index (χ3n) is 4.46. The molecule has 6 heteroatoms. The van der Waals surface area contributed by atoms with Crippen molar-refractivity contribution in [1.29, 1.82) is 0 Å². The van der Waals surface area contributed by atoms with Crippen LogP contribution in [-0.4, -0.2) is 18.9 Å². The Balaban J connectivity index is 1.82. The average molecular weight is 383 g/mol. The van der Waals surface area contributed by atoms with Crippen molar-refractivity contribution in [2.24, 2.45) is 5.73 Å². The lowest BCUT2D eigenvalue weighted by molar-refractivity contribution is -0.117. The fourth-order valence-corrected chi connectivity index (χ4v) is 3.04. The monoisotopic (exact) mass is 382 g/mol. The Labute approximate surface area is 162 Å². The first-order valence-electron chi connectivity index (χ1n) is 8.37. The summed E-state index contributed by atoms with van der Waals surface area (Å²) in [7, 11) is 1.63. The summed E-state index contributed by atoms with van der Waals surface area (Å²) in [6.07, 6.45) is 0. The van der Waals surface area contributed by atoms with Gasteiger partial charge in [0.1, 0.15) is 5.75 Å². The summed E-state index contributed by atoms with van der Waals surface area (Å²) in [4.78, 5) is 24.0. The Morgan fingerprint density at radius 1 is 1.04 bits per heavy atom. The predicted octanol–water partition coefficient (Wildman–Crippen LogP) is 4.34. The Hall–Kier alpha value is -3.05. The maximum atomic E-state index is 12.6. The van der Waals surface area contributed by atoms with E-state index in [2.05, 4.69) is 5.32 Å². The van der Waals surface area contributed by atoms with Crippen molar-refractivity contribution in [3.05, 3.63) is 70.7 Å². The topological polar surface area (TPSA) is 81.4 Å². The largest absolute Gasteiger partial charge is 0.497 e. The van der Waals surface area contributed by atoms with Crippen molar-refractivity contribution in [2.75, 3.05) is 12.4 Å². The van der Waals surface area contributed by atoms with Crippen LogP contribution in [-0.2, 0) is 4.79 Å². The molecule has 0 fully saturated rings. The number of amides is 2. The SMILES string of the molecule is COc1ccc2cc(C(C)C(=O)Nc3ccc(Cl)c(C(N)=O)c3)ccc2c1. The molecule has 3 rings (SSSR count). The van der Waals surface area contributed by atoms with E-state index in [4.69, 9.17) is 22.1 Å². The molecule has 3 N–H and O–H groups in total. The van der Waals surface area contributed by atoms with Gasteiger partial charge in [0.25, 0.3) is 0 Å². The van der Waals surface area contributed by atoms with Gasteiger partial charge >= 0.3 is 0 Å². The van der Waals surface area contributed by atoms with Gasteiger partial charge in [-0.2, -0.15) is 0 Å². The van der Waals surface area contributed by atoms with Crippen LogP contribution < -0.4 is 15.8 Å². The number of hydrogen-bond donors (Lipinski definition) is 2. The number of nitrogens with one attached hydrogen (secondary N) is 1. The first-order chi connectivity index (χ1) is 12.9. The highest BCUT2D eigenvalue weighted by molar-refractivity contribution is 6.34. The lowest BCUT2D eigenvalue weighted by Gasteiger charge is -2.14. The van der Waals surface area contributed by atoms with Crippen molar-refractivity contribution >= 4 is 39.9 Å². The summed E-state index contributed by atoms with van der Waals surface area (Å²) in [5.41, 5.74) is 6.81. The van der Waals surface area contributed by atoms with Crippen LogP contribution in [0.3, 0.4) is 0 Å². The molecule has 3 aromatic rings. The third-order valence-corrected chi connectivity index (χ3v) is 4.79. The second-order valence-corrected chi connectivity index (χ2v) is 6.65. The molecule has 0 aromatic heterocycles. The van der Waals surface area contributed by atoms with E-state index in [0.717, 1.165) is 22.1 Å². The van der Waals surface area contributed by atoms with E-state index in [1.54, 1.807) is 13.2 Å². The molecule has 3 aromatic carbocycles. The molecule has 5 nitrogen and oxygen atoms in total. The molecule has 1 atom stereocenters. The molecule has 0 radical (unpaired) electrons. The number of methoxy groups -OCH3 is 1. The van der Waals surface area contributed by atoms with E-state index < -0.39 is 5.91 Å². The zero-order valence-corrected chi connectivity index (χ0v) is 15.7. The number of fused-ring (bicyclic) bond motifs is 1. The molecule has 0 saturated heterocycles. The van der Waals surface area contributed by atoms with Crippen molar-refractivity contribution < 1.29 is 14.3 Å². The minimum Gasteiger partial charge on any atom is -0.497 e. The van der Waals surface area contributed by atoms with Gasteiger partial charge in [-0.25, -0.2) is 0 Å². The molecular formula is C21H19ClN2O3. The summed E-state index contributed by atoms with van der Waals surface area (Å²) in [5, 5.41) is 5.11. The van der Waals surface area contributed by atoms with Gasteiger partial charge in [0.15, 0.2) is 0 Å². The Bertz CT molecular complexity index is 1030. The molecule has 0 aliphatic heterocycles. The maximum absolute atomic E-state index is 12.6. The van der Waals surface area contributed by atoms with Gasteiger partial charge < -0.3 is 15.8 Å². The van der Waals surface area contributed by atoms with Gasteiger partial charge in [0.2, 0.25) is 11.8 Å². The molecular weight excluding hydrogens is 364 g/mol. The Kier molecular flexibility index (Phi) is 5.33. The van der Waals surface area contributed by atoms with Crippen LogP contribution >= 0.6 is 11.6 Å². The minimum absolute atomic E-state index is 0.168. The molecule has 0 saturated carbocycles. The number of carbonyl (C=O) groups is 2. The molecule has 0 spiro atoms. The summed E-state index contributed by atoms with van der Waals surface area (Å²) in [6.45, 7) is 1.82. The van der Waals surface area contributed by atoms with Crippen LogP contribution in [0.2, 0.25) is 5.02 Å². The molecule has 1 unspecified atom stereocenters. The lowest BCUT2D eigenvalue weighted by Crippen LogP contribution is -2.19. The molecule has 2 amide bonds. The van der Waals surface area contributed by atoms with Crippen LogP contribution in [0.5, 0.6) is 5.75 Å². The number of primary amides is 1. The maximum Gasteiger partial charge on any atom is 0.250 e. The number of hydrogen-bond acceptors (Lipinski definition) is 3.